The summed E-state index contributed by atoms with van der Waals surface area (Å²) in [6, 6.07) is 7.15. The molecule has 1 aliphatic rings. The van der Waals surface area contributed by atoms with Crippen LogP contribution < -0.4 is 5.06 Å². The molecular formula is C18H18N2O6S. The van der Waals surface area contributed by atoms with Crippen molar-refractivity contribution in [1.29, 1.82) is 0 Å². The number of thioether (sulfide) groups is 1. The molecule has 0 atom stereocenters. The van der Waals surface area contributed by atoms with Gasteiger partial charge in [-0.15, -0.1) is 11.8 Å². The molecule has 0 amide bonds. The van der Waals surface area contributed by atoms with Gasteiger partial charge in [-0.05, 0) is 30.5 Å². The zero-order valence-corrected chi connectivity index (χ0v) is 16.0. The van der Waals surface area contributed by atoms with Crippen molar-refractivity contribution in [1.82, 2.24) is 4.98 Å². The maximum Gasteiger partial charge on any atom is 0.351 e. The summed E-state index contributed by atoms with van der Waals surface area (Å²) >= 11 is 1.16. The molecule has 0 unspecified atom stereocenters. The summed E-state index contributed by atoms with van der Waals surface area (Å²) in [6.07, 6.45) is 4.68. The van der Waals surface area contributed by atoms with Crippen molar-refractivity contribution in [3.8, 4) is 11.3 Å². The Morgan fingerprint density at radius 1 is 1.15 bits per heavy atom. The molecule has 0 N–H and O–H groups in total. The lowest BCUT2D eigenvalue weighted by molar-refractivity contribution is -0.222. The minimum Gasteiger partial charge on any atom is -0.444 e. The molecule has 0 saturated carbocycles. The normalized spacial score (nSPS) is 15.9. The van der Waals surface area contributed by atoms with Gasteiger partial charge in [0.1, 0.15) is 5.03 Å². The van der Waals surface area contributed by atoms with Crippen molar-refractivity contribution >= 4 is 29.4 Å². The lowest BCUT2D eigenvalue weighted by Crippen LogP contribution is -2.43. The number of benzene rings is 1. The lowest BCUT2D eigenvalue weighted by Gasteiger charge is -2.32. The molecule has 0 spiro atoms. The van der Waals surface area contributed by atoms with Crippen LogP contribution in [0.2, 0.25) is 0 Å². The Hall–Kier alpha value is -2.78. The molecule has 142 valence electrons. The van der Waals surface area contributed by atoms with Crippen LogP contribution in [0.25, 0.3) is 11.3 Å². The standard InChI is InChI=1S/C18H18N2O6S/c1-18(2)25-16(21)14(17(22)26-18)15(27-4)20(23-3)12-7-5-11(6-8-12)13-9-19-10-24-13/h5-10H,1-4H3. The Kier molecular flexibility index (Phi) is 5.24. The molecule has 0 radical (unpaired) electrons. The van der Waals surface area contributed by atoms with Gasteiger partial charge in [-0.25, -0.2) is 19.6 Å². The zero-order chi connectivity index (χ0) is 19.6. The number of hydrogen-bond acceptors (Lipinski definition) is 9. The molecule has 27 heavy (non-hydrogen) atoms. The fourth-order valence-corrected chi connectivity index (χ4v) is 3.26. The Labute approximate surface area is 160 Å². The third-order valence-electron chi connectivity index (χ3n) is 3.68. The highest BCUT2D eigenvalue weighted by Crippen LogP contribution is 2.34. The van der Waals surface area contributed by atoms with E-state index in [2.05, 4.69) is 4.98 Å². The number of ether oxygens (including phenoxy) is 2. The monoisotopic (exact) mass is 390 g/mol. The average Bonchev–Trinajstić information content (AvgIpc) is 3.14. The molecule has 0 bridgehead atoms. The van der Waals surface area contributed by atoms with Crippen molar-refractivity contribution in [2.24, 2.45) is 0 Å². The number of aromatic nitrogens is 1. The number of nitrogens with zero attached hydrogens (tertiary/aromatic N) is 2. The molecule has 8 nitrogen and oxygen atoms in total. The van der Waals surface area contributed by atoms with Crippen molar-refractivity contribution < 1.29 is 28.3 Å². The van der Waals surface area contributed by atoms with Gasteiger partial charge in [-0.1, -0.05) is 0 Å². The van der Waals surface area contributed by atoms with Crippen LogP contribution in [-0.4, -0.2) is 36.1 Å². The topological polar surface area (TPSA) is 91.1 Å². The molecule has 1 aliphatic heterocycles. The van der Waals surface area contributed by atoms with Gasteiger partial charge in [0.2, 0.25) is 0 Å². The van der Waals surface area contributed by atoms with Crippen molar-refractivity contribution in [2.75, 3.05) is 18.4 Å². The van der Waals surface area contributed by atoms with Gasteiger partial charge in [0.05, 0.1) is 19.0 Å². The maximum absolute atomic E-state index is 12.4. The number of hydrogen-bond donors (Lipinski definition) is 0. The van der Waals surface area contributed by atoms with Crippen LogP contribution in [0.15, 0.2) is 51.9 Å². The number of anilines is 1. The molecule has 0 aliphatic carbocycles. The minimum atomic E-state index is -1.31. The van der Waals surface area contributed by atoms with Crippen LogP contribution in [0.1, 0.15) is 13.8 Å². The van der Waals surface area contributed by atoms with E-state index in [1.165, 1.54) is 32.4 Å². The van der Waals surface area contributed by atoms with E-state index < -0.39 is 17.7 Å². The number of oxazole rings is 1. The Morgan fingerprint density at radius 3 is 2.26 bits per heavy atom. The lowest BCUT2D eigenvalue weighted by atomic mass is 10.1. The van der Waals surface area contributed by atoms with Crippen LogP contribution >= 0.6 is 11.8 Å². The first-order valence-corrected chi connectivity index (χ1v) is 9.17. The molecule has 1 saturated heterocycles. The van der Waals surface area contributed by atoms with E-state index in [0.29, 0.717) is 11.4 Å². The summed E-state index contributed by atoms with van der Waals surface area (Å²) in [4.78, 5) is 34.1. The van der Waals surface area contributed by atoms with Gasteiger partial charge < -0.3 is 13.9 Å². The van der Waals surface area contributed by atoms with Crippen LogP contribution in [0.3, 0.4) is 0 Å². The first kappa shape index (κ1) is 19.0. The number of rotatable bonds is 5. The summed E-state index contributed by atoms with van der Waals surface area (Å²) in [5.41, 5.74) is 1.20. The van der Waals surface area contributed by atoms with Crippen LogP contribution in [0.4, 0.5) is 5.69 Å². The van der Waals surface area contributed by atoms with Gasteiger partial charge in [0.15, 0.2) is 17.7 Å². The molecule has 1 aromatic heterocycles. The summed E-state index contributed by atoms with van der Waals surface area (Å²) in [6.45, 7) is 2.99. The number of carbonyl (C=O) groups is 2. The van der Waals surface area contributed by atoms with E-state index in [1.807, 2.05) is 12.1 Å². The second-order valence-electron chi connectivity index (χ2n) is 5.95. The summed E-state index contributed by atoms with van der Waals surface area (Å²) < 4.78 is 15.6. The van der Waals surface area contributed by atoms with Crippen molar-refractivity contribution in [3.63, 3.8) is 0 Å². The van der Waals surface area contributed by atoms with Gasteiger partial charge in [0, 0.05) is 19.4 Å². The second-order valence-corrected chi connectivity index (χ2v) is 6.75. The van der Waals surface area contributed by atoms with E-state index in [-0.39, 0.29) is 10.6 Å². The largest absolute Gasteiger partial charge is 0.444 e. The SMILES string of the molecule is CON(C(SC)=C1C(=O)OC(C)(C)OC1=O)c1ccc(-c2cnco2)cc1. The molecule has 2 heterocycles. The van der Waals surface area contributed by atoms with E-state index in [4.69, 9.17) is 18.7 Å². The average molecular weight is 390 g/mol. The highest BCUT2D eigenvalue weighted by atomic mass is 32.2. The Bertz CT molecular complexity index is 852. The number of hydroxylamine groups is 1. The van der Waals surface area contributed by atoms with E-state index >= 15 is 0 Å². The minimum absolute atomic E-state index is 0.219. The van der Waals surface area contributed by atoms with Gasteiger partial charge in [-0.3, -0.25) is 4.84 Å². The maximum atomic E-state index is 12.4. The molecule has 1 aromatic carbocycles. The smallest absolute Gasteiger partial charge is 0.351 e. The third kappa shape index (κ3) is 3.83. The Morgan fingerprint density at radius 2 is 1.78 bits per heavy atom. The molecule has 1 fully saturated rings. The van der Waals surface area contributed by atoms with Gasteiger partial charge >= 0.3 is 11.9 Å². The quantitative estimate of drug-likeness (QED) is 0.330. The predicted octanol–water partition coefficient (Wildman–Crippen LogP) is 3.12. The van der Waals surface area contributed by atoms with Gasteiger partial charge in [-0.2, -0.15) is 0 Å². The summed E-state index contributed by atoms with van der Waals surface area (Å²) in [5.74, 6) is -2.21. The molecular weight excluding hydrogens is 372 g/mol. The van der Waals surface area contributed by atoms with Crippen LogP contribution in [-0.2, 0) is 23.9 Å². The number of cyclic esters (lactones) is 2. The fraction of sp³-hybridized carbons (Fsp3) is 0.278. The summed E-state index contributed by atoms with van der Waals surface area (Å²) in [5, 5.41) is 1.63. The predicted molar refractivity (Wildman–Crippen MR) is 98.2 cm³/mol. The second kappa shape index (κ2) is 7.45. The van der Waals surface area contributed by atoms with Crippen LogP contribution in [0.5, 0.6) is 0 Å². The Balaban J connectivity index is 1.97. The van der Waals surface area contributed by atoms with Crippen molar-refractivity contribution in [2.45, 2.75) is 19.6 Å². The first-order valence-electron chi connectivity index (χ1n) is 7.94. The first-order chi connectivity index (χ1) is 12.9. The van der Waals surface area contributed by atoms with E-state index in [1.54, 1.807) is 24.6 Å². The molecule has 2 aromatic rings. The molecule has 9 heteroatoms. The third-order valence-corrected chi connectivity index (χ3v) is 4.43. The zero-order valence-electron chi connectivity index (χ0n) is 15.2. The van der Waals surface area contributed by atoms with Crippen molar-refractivity contribution in [3.05, 3.63) is 47.5 Å². The number of esters is 2. The van der Waals surface area contributed by atoms with E-state index in [0.717, 1.165) is 17.3 Å². The fourth-order valence-electron chi connectivity index (χ4n) is 2.54. The van der Waals surface area contributed by atoms with E-state index in [9.17, 15) is 9.59 Å². The van der Waals surface area contributed by atoms with Gasteiger partial charge in [0.25, 0.3) is 5.79 Å². The van der Waals surface area contributed by atoms with Crippen LogP contribution in [0, 0.1) is 0 Å². The highest BCUT2D eigenvalue weighted by molar-refractivity contribution is 8.02. The molecule has 3 rings (SSSR count). The number of carbonyl (C=O) groups excluding carboxylic acids is 2. The highest BCUT2D eigenvalue weighted by Gasteiger charge is 2.42. The summed E-state index contributed by atoms with van der Waals surface area (Å²) in [7, 11) is 1.44.